The molecule has 94 valence electrons. The summed E-state index contributed by atoms with van der Waals surface area (Å²) < 4.78 is 0. The predicted molar refractivity (Wildman–Crippen MR) is 67.3 cm³/mol. The standard InChI is InChI=1S/C13H20N2O2/c1-2-12(9-16)15-13(17)7-10-3-5-11(8-14)6-4-10/h3-6,12,16H,2,7-9,14H2,1H3,(H,15,17)/t12-/m0/s1. The van der Waals surface area contributed by atoms with Gasteiger partial charge >= 0.3 is 0 Å². The molecule has 0 heterocycles. The van der Waals surface area contributed by atoms with Gasteiger partial charge in [-0.2, -0.15) is 0 Å². The highest BCUT2D eigenvalue weighted by molar-refractivity contribution is 5.78. The van der Waals surface area contributed by atoms with Crippen molar-refractivity contribution >= 4 is 5.91 Å². The highest BCUT2D eigenvalue weighted by Gasteiger charge is 2.09. The monoisotopic (exact) mass is 236 g/mol. The third kappa shape index (κ3) is 4.54. The minimum Gasteiger partial charge on any atom is -0.394 e. The Morgan fingerprint density at radius 1 is 1.35 bits per heavy atom. The Kier molecular flexibility index (Phi) is 5.66. The largest absolute Gasteiger partial charge is 0.394 e. The van der Waals surface area contributed by atoms with Crippen molar-refractivity contribution in [3.63, 3.8) is 0 Å². The number of rotatable bonds is 6. The molecule has 1 aromatic carbocycles. The lowest BCUT2D eigenvalue weighted by Gasteiger charge is -2.13. The van der Waals surface area contributed by atoms with Gasteiger partial charge in [0.15, 0.2) is 0 Å². The van der Waals surface area contributed by atoms with E-state index in [0.29, 0.717) is 13.0 Å². The molecule has 0 spiro atoms. The van der Waals surface area contributed by atoms with Crippen LogP contribution in [-0.4, -0.2) is 23.7 Å². The lowest BCUT2D eigenvalue weighted by Crippen LogP contribution is -2.37. The van der Waals surface area contributed by atoms with Gasteiger partial charge in [0.25, 0.3) is 0 Å². The number of carbonyl (C=O) groups excluding carboxylic acids is 1. The zero-order valence-corrected chi connectivity index (χ0v) is 10.1. The van der Waals surface area contributed by atoms with Crippen molar-refractivity contribution < 1.29 is 9.90 Å². The second-order valence-electron chi connectivity index (χ2n) is 4.05. The highest BCUT2D eigenvalue weighted by Crippen LogP contribution is 2.04. The summed E-state index contributed by atoms with van der Waals surface area (Å²) in [6.07, 6.45) is 1.07. The molecule has 0 saturated carbocycles. The summed E-state index contributed by atoms with van der Waals surface area (Å²) in [6, 6.07) is 7.51. The van der Waals surface area contributed by atoms with Crippen LogP contribution in [0.3, 0.4) is 0 Å². The maximum absolute atomic E-state index is 11.6. The SMILES string of the molecule is CC[C@@H](CO)NC(=O)Cc1ccc(CN)cc1. The Hall–Kier alpha value is -1.39. The maximum Gasteiger partial charge on any atom is 0.224 e. The van der Waals surface area contributed by atoms with Gasteiger partial charge < -0.3 is 16.2 Å². The summed E-state index contributed by atoms with van der Waals surface area (Å²) in [5.74, 6) is -0.0635. The number of aliphatic hydroxyl groups is 1. The maximum atomic E-state index is 11.6. The van der Waals surface area contributed by atoms with E-state index in [0.717, 1.165) is 17.5 Å². The van der Waals surface area contributed by atoms with Gasteiger partial charge in [-0.15, -0.1) is 0 Å². The molecule has 1 amide bonds. The second-order valence-corrected chi connectivity index (χ2v) is 4.05. The number of amides is 1. The summed E-state index contributed by atoms with van der Waals surface area (Å²) in [7, 11) is 0. The molecule has 0 unspecified atom stereocenters. The zero-order valence-electron chi connectivity index (χ0n) is 10.1. The molecule has 4 heteroatoms. The van der Waals surface area contributed by atoms with E-state index >= 15 is 0 Å². The molecule has 0 aromatic heterocycles. The first-order valence-electron chi connectivity index (χ1n) is 5.87. The Morgan fingerprint density at radius 2 is 1.94 bits per heavy atom. The van der Waals surface area contributed by atoms with E-state index in [1.165, 1.54) is 0 Å². The third-order valence-electron chi connectivity index (χ3n) is 2.70. The van der Waals surface area contributed by atoms with Crippen molar-refractivity contribution in [2.75, 3.05) is 6.61 Å². The highest BCUT2D eigenvalue weighted by atomic mass is 16.3. The van der Waals surface area contributed by atoms with Crippen molar-refractivity contribution in [1.29, 1.82) is 0 Å². The van der Waals surface area contributed by atoms with Gasteiger partial charge in [-0.25, -0.2) is 0 Å². The Balaban J connectivity index is 2.49. The van der Waals surface area contributed by atoms with Gasteiger partial charge in [0, 0.05) is 6.54 Å². The number of hydrogen-bond donors (Lipinski definition) is 3. The average Bonchev–Trinajstić information content (AvgIpc) is 2.37. The van der Waals surface area contributed by atoms with Crippen LogP contribution < -0.4 is 11.1 Å². The van der Waals surface area contributed by atoms with Crippen LogP contribution in [0.4, 0.5) is 0 Å². The molecule has 0 bridgehead atoms. The summed E-state index contributed by atoms with van der Waals surface area (Å²) in [5.41, 5.74) is 7.50. The van der Waals surface area contributed by atoms with Crippen LogP contribution in [0.5, 0.6) is 0 Å². The first-order valence-corrected chi connectivity index (χ1v) is 5.87. The number of nitrogens with two attached hydrogens (primary N) is 1. The number of hydrogen-bond acceptors (Lipinski definition) is 3. The van der Waals surface area contributed by atoms with Crippen molar-refractivity contribution in [3.05, 3.63) is 35.4 Å². The first kappa shape index (κ1) is 13.7. The zero-order chi connectivity index (χ0) is 12.7. The fourth-order valence-corrected chi connectivity index (χ4v) is 1.53. The fraction of sp³-hybridized carbons (Fsp3) is 0.462. The van der Waals surface area contributed by atoms with Crippen LogP contribution in [0.1, 0.15) is 24.5 Å². The molecular weight excluding hydrogens is 216 g/mol. The first-order chi connectivity index (χ1) is 8.19. The van der Waals surface area contributed by atoms with E-state index in [1.807, 2.05) is 31.2 Å². The molecule has 4 nitrogen and oxygen atoms in total. The van der Waals surface area contributed by atoms with Crippen LogP contribution in [0.25, 0.3) is 0 Å². The van der Waals surface area contributed by atoms with E-state index in [1.54, 1.807) is 0 Å². The number of benzene rings is 1. The van der Waals surface area contributed by atoms with E-state index in [4.69, 9.17) is 10.8 Å². The van der Waals surface area contributed by atoms with Crippen molar-refractivity contribution in [1.82, 2.24) is 5.32 Å². The minimum atomic E-state index is -0.147. The summed E-state index contributed by atoms with van der Waals surface area (Å²) in [6.45, 7) is 2.42. The normalized spacial score (nSPS) is 12.2. The van der Waals surface area contributed by atoms with Crippen LogP contribution >= 0.6 is 0 Å². The van der Waals surface area contributed by atoms with Gasteiger partial charge in [0.2, 0.25) is 5.91 Å². The van der Waals surface area contributed by atoms with Gasteiger partial charge in [0.05, 0.1) is 19.1 Å². The fourth-order valence-electron chi connectivity index (χ4n) is 1.53. The van der Waals surface area contributed by atoms with Crippen LogP contribution in [-0.2, 0) is 17.8 Å². The molecule has 4 N–H and O–H groups in total. The molecule has 1 atom stereocenters. The molecule has 0 aliphatic rings. The lowest BCUT2D eigenvalue weighted by atomic mass is 10.1. The third-order valence-corrected chi connectivity index (χ3v) is 2.70. The van der Waals surface area contributed by atoms with Crippen molar-refractivity contribution in [3.8, 4) is 0 Å². The Morgan fingerprint density at radius 3 is 2.41 bits per heavy atom. The van der Waals surface area contributed by atoms with Crippen molar-refractivity contribution in [2.24, 2.45) is 5.73 Å². The summed E-state index contributed by atoms with van der Waals surface area (Å²) >= 11 is 0. The van der Waals surface area contributed by atoms with E-state index < -0.39 is 0 Å². The lowest BCUT2D eigenvalue weighted by molar-refractivity contribution is -0.121. The molecule has 0 aliphatic heterocycles. The quantitative estimate of drug-likeness (QED) is 0.676. The molecular formula is C13H20N2O2. The Bertz CT molecular complexity index is 345. The minimum absolute atomic E-state index is 0.0195. The molecule has 1 rings (SSSR count). The van der Waals surface area contributed by atoms with Crippen molar-refractivity contribution in [2.45, 2.75) is 32.4 Å². The molecule has 1 aromatic rings. The smallest absolute Gasteiger partial charge is 0.224 e. The van der Waals surface area contributed by atoms with E-state index in [-0.39, 0.29) is 18.6 Å². The van der Waals surface area contributed by atoms with Gasteiger partial charge in [0.1, 0.15) is 0 Å². The van der Waals surface area contributed by atoms with Crippen LogP contribution in [0.2, 0.25) is 0 Å². The summed E-state index contributed by atoms with van der Waals surface area (Å²) in [4.78, 5) is 11.6. The summed E-state index contributed by atoms with van der Waals surface area (Å²) in [5, 5.41) is 11.8. The number of carbonyl (C=O) groups is 1. The molecule has 17 heavy (non-hydrogen) atoms. The topological polar surface area (TPSA) is 75.3 Å². The van der Waals surface area contributed by atoms with E-state index in [9.17, 15) is 4.79 Å². The molecule has 0 fully saturated rings. The van der Waals surface area contributed by atoms with Crippen LogP contribution in [0, 0.1) is 0 Å². The molecule has 0 aliphatic carbocycles. The Labute approximate surface area is 102 Å². The predicted octanol–water partition coefficient (Wildman–Crippen LogP) is 0.575. The molecule has 0 radical (unpaired) electrons. The number of nitrogens with one attached hydrogen (secondary N) is 1. The second kappa shape index (κ2) is 7.04. The number of aliphatic hydroxyl groups excluding tert-OH is 1. The van der Waals surface area contributed by atoms with Gasteiger partial charge in [-0.1, -0.05) is 31.2 Å². The van der Waals surface area contributed by atoms with Gasteiger partial charge in [-0.3, -0.25) is 4.79 Å². The van der Waals surface area contributed by atoms with Gasteiger partial charge in [-0.05, 0) is 17.5 Å². The van der Waals surface area contributed by atoms with Crippen LogP contribution in [0.15, 0.2) is 24.3 Å². The molecule has 0 saturated heterocycles. The van der Waals surface area contributed by atoms with E-state index in [2.05, 4.69) is 5.32 Å². The average molecular weight is 236 g/mol.